The van der Waals surface area contributed by atoms with E-state index in [2.05, 4.69) is 50.4 Å². The van der Waals surface area contributed by atoms with Crippen LogP contribution in [0.5, 0.6) is 11.5 Å². The van der Waals surface area contributed by atoms with E-state index in [1.165, 1.54) is 0 Å². The lowest BCUT2D eigenvalue weighted by Gasteiger charge is -2.40. The first kappa shape index (κ1) is 26.0. The van der Waals surface area contributed by atoms with E-state index in [-0.39, 0.29) is 6.04 Å². The Morgan fingerprint density at radius 1 is 0.833 bits per heavy atom. The number of aryl methyl sites for hydroxylation is 1. The fraction of sp³-hybridized carbons (Fsp3) is 0.121. The van der Waals surface area contributed by atoms with Gasteiger partial charge in [0.05, 0.1) is 48.7 Å². The lowest BCUT2D eigenvalue weighted by Crippen LogP contribution is -2.46. The number of hydrogen-bond acceptors (Lipinski definition) is 7. The maximum absolute atomic E-state index is 5.69. The number of halogens is 1. The second-order valence-electron chi connectivity index (χ2n) is 9.97. The summed E-state index contributed by atoms with van der Waals surface area (Å²) in [7, 11) is 3.29. The lowest BCUT2D eigenvalue weighted by atomic mass is 9.93. The summed E-state index contributed by atoms with van der Waals surface area (Å²) in [5.74, 6) is 3.39. The van der Waals surface area contributed by atoms with Crippen LogP contribution < -0.4 is 19.7 Å². The van der Waals surface area contributed by atoms with Crippen molar-refractivity contribution in [3.8, 4) is 17.2 Å². The number of anilines is 2. The van der Waals surface area contributed by atoms with Crippen molar-refractivity contribution < 1.29 is 9.47 Å². The van der Waals surface area contributed by atoms with Crippen LogP contribution in [0, 0.1) is 6.92 Å². The van der Waals surface area contributed by atoms with E-state index in [0.29, 0.717) is 23.2 Å². The topological polar surface area (TPSA) is 76.3 Å². The summed E-state index contributed by atoms with van der Waals surface area (Å²) in [4.78, 5) is 12.6. The van der Waals surface area contributed by atoms with Crippen molar-refractivity contribution >= 4 is 50.5 Å². The van der Waals surface area contributed by atoms with Gasteiger partial charge in [-0.1, -0.05) is 58.4 Å². The van der Waals surface area contributed by atoms with Crippen LogP contribution in [0.15, 0.2) is 112 Å². The predicted molar refractivity (Wildman–Crippen MR) is 171 cm³/mol. The number of nitrogens with zero attached hydrogens (tertiary/aromatic N) is 5. The van der Waals surface area contributed by atoms with Gasteiger partial charge in [-0.05, 0) is 61.0 Å². The van der Waals surface area contributed by atoms with Crippen LogP contribution in [0.3, 0.4) is 0 Å². The molecule has 3 heterocycles. The van der Waals surface area contributed by atoms with Crippen LogP contribution in [0.25, 0.3) is 5.69 Å². The third-order valence-corrected chi connectivity index (χ3v) is 7.96. The van der Waals surface area contributed by atoms with E-state index in [0.717, 1.165) is 49.9 Å². The molecule has 0 fully saturated rings. The Kier molecular flexibility index (Phi) is 6.51. The molecule has 1 N–H and O–H groups in total. The number of benzene rings is 4. The third-order valence-electron chi connectivity index (χ3n) is 7.46. The van der Waals surface area contributed by atoms with Gasteiger partial charge in [-0.15, -0.1) is 0 Å². The van der Waals surface area contributed by atoms with Gasteiger partial charge in [0.25, 0.3) is 0 Å². The average Bonchev–Trinajstić information content (AvgIpc) is 3.36. The molecule has 5 aromatic rings. The summed E-state index contributed by atoms with van der Waals surface area (Å²) in [6.07, 6.45) is 0. The number of aromatic nitrogens is 2. The van der Waals surface area contributed by atoms with Gasteiger partial charge in [-0.2, -0.15) is 5.10 Å². The van der Waals surface area contributed by atoms with Crippen molar-refractivity contribution in [2.45, 2.75) is 13.0 Å². The summed E-state index contributed by atoms with van der Waals surface area (Å²) in [6, 6.07) is 32.0. The third kappa shape index (κ3) is 4.33. The molecule has 208 valence electrons. The van der Waals surface area contributed by atoms with Gasteiger partial charge in [0, 0.05) is 16.1 Å². The van der Waals surface area contributed by atoms with Gasteiger partial charge in [-0.25, -0.2) is 14.7 Å². The highest BCUT2D eigenvalue weighted by atomic mass is 79.9. The fourth-order valence-electron chi connectivity index (χ4n) is 5.58. The monoisotopic (exact) mass is 618 g/mol. The van der Waals surface area contributed by atoms with E-state index in [1.54, 1.807) is 14.2 Å². The van der Waals surface area contributed by atoms with Crippen molar-refractivity contribution in [1.29, 1.82) is 0 Å². The molecule has 2 aliphatic rings. The zero-order valence-corrected chi connectivity index (χ0v) is 24.8. The van der Waals surface area contributed by atoms with Crippen LogP contribution in [-0.2, 0) is 0 Å². The summed E-state index contributed by atoms with van der Waals surface area (Å²) < 4.78 is 14.1. The van der Waals surface area contributed by atoms with Crippen LogP contribution in [-0.4, -0.2) is 35.7 Å². The number of ether oxygens (including phenoxy) is 2. The van der Waals surface area contributed by atoms with Gasteiger partial charge in [0.2, 0.25) is 0 Å². The SMILES string of the molecule is COc1ccc(OC)c(NC2=Nc3ccccc3N3C2=Nc2c(c(C)nn2-c2ccccc2)[C@@H]3c2cccc(Br)c2)c1. The molecule has 0 amide bonds. The van der Waals surface area contributed by atoms with Crippen molar-refractivity contribution in [2.75, 3.05) is 24.4 Å². The standard InChI is InChI=1S/C33H27BrN6O2/c1-20-29-30(21-10-9-11-22(34)18-21)39-27-15-8-7-14-25(27)35-31(36-26-19-24(41-2)16-17-28(26)42-3)33(39)37-32(29)40(38-20)23-12-5-4-6-13-23/h4-19,30H,1-3H3,(H,35,36)/t30-/m0/s1. The first-order valence-electron chi connectivity index (χ1n) is 13.5. The van der Waals surface area contributed by atoms with Crippen molar-refractivity contribution in [3.05, 3.63) is 118 Å². The number of rotatable bonds is 5. The minimum absolute atomic E-state index is 0.219. The van der Waals surface area contributed by atoms with Crippen LogP contribution >= 0.6 is 15.9 Å². The molecular formula is C33H27BrN6O2. The number of nitrogens with one attached hydrogen (secondary N) is 1. The van der Waals surface area contributed by atoms with Gasteiger partial charge >= 0.3 is 0 Å². The molecule has 0 bridgehead atoms. The van der Waals surface area contributed by atoms with E-state index in [4.69, 9.17) is 24.6 Å². The molecule has 0 unspecified atom stereocenters. The molecule has 0 spiro atoms. The van der Waals surface area contributed by atoms with Crippen LogP contribution in [0.1, 0.15) is 22.9 Å². The second-order valence-corrected chi connectivity index (χ2v) is 10.9. The maximum Gasteiger partial charge on any atom is 0.179 e. The molecule has 0 saturated carbocycles. The summed E-state index contributed by atoms with van der Waals surface area (Å²) in [5.41, 5.74) is 6.49. The maximum atomic E-state index is 5.69. The normalized spacial score (nSPS) is 15.1. The van der Waals surface area contributed by atoms with Crippen LogP contribution in [0.2, 0.25) is 0 Å². The summed E-state index contributed by atoms with van der Waals surface area (Å²) in [6.45, 7) is 2.05. The molecule has 1 atom stereocenters. The Bertz CT molecular complexity index is 1880. The van der Waals surface area contributed by atoms with E-state index < -0.39 is 0 Å². The smallest absolute Gasteiger partial charge is 0.179 e. The van der Waals surface area contributed by atoms with Gasteiger partial charge in [0.15, 0.2) is 17.5 Å². The Labute approximate surface area is 252 Å². The second kappa shape index (κ2) is 10.5. The van der Waals surface area contributed by atoms with Gasteiger partial charge in [-0.3, -0.25) is 0 Å². The molecule has 9 heteroatoms. The summed E-state index contributed by atoms with van der Waals surface area (Å²) >= 11 is 3.70. The molecule has 4 aromatic carbocycles. The van der Waals surface area contributed by atoms with E-state index in [9.17, 15) is 0 Å². The fourth-order valence-corrected chi connectivity index (χ4v) is 6.00. The first-order chi connectivity index (χ1) is 20.6. The largest absolute Gasteiger partial charge is 0.497 e. The Morgan fingerprint density at radius 3 is 2.43 bits per heavy atom. The molecule has 0 aliphatic carbocycles. The minimum atomic E-state index is -0.219. The molecular weight excluding hydrogens is 592 g/mol. The lowest BCUT2D eigenvalue weighted by molar-refractivity contribution is 0.405. The highest BCUT2D eigenvalue weighted by molar-refractivity contribution is 9.10. The molecule has 42 heavy (non-hydrogen) atoms. The quantitative estimate of drug-likeness (QED) is 0.218. The number of aliphatic imine (C=N–C) groups is 2. The Morgan fingerprint density at radius 2 is 1.64 bits per heavy atom. The highest BCUT2D eigenvalue weighted by Crippen LogP contribution is 2.48. The van der Waals surface area contributed by atoms with Crippen LogP contribution in [0.4, 0.5) is 22.9 Å². The van der Waals surface area contributed by atoms with Crippen molar-refractivity contribution in [2.24, 2.45) is 9.98 Å². The molecule has 7 rings (SSSR count). The molecule has 1 aromatic heterocycles. The average molecular weight is 620 g/mol. The molecule has 0 saturated heterocycles. The number of methoxy groups -OCH3 is 2. The minimum Gasteiger partial charge on any atom is -0.497 e. The highest BCUT2D eigenvalue weighted by Gasteiger charge is 2.41. The zero-order valence-electron chi connectivity index (χ0n) is 23.2. The Hall–Kier alpha value is -4.89. The summed E-state index contributed by atoms with van der Waals surface area (Å²) in [5, 5.41) is 8.54. The number of para-hydroxylation sites is 3. The number of hydrogen-bond donors (Lipinski definition) is 1. The van der Waals surface area contributed by atoms with E-state index >= 15 is 0 Å². The molecule has 0 radical (unpaired) electrons. The van der Waals surface area contributed by atoms with Crippen molar-refractivity contribution in [3.63, 3.8) is 0 Å². The van der Waals surface area contributed by atoms with Gasteiger partial charge < -0.3 is 19.7 Å². The molecule has 8 nitrogen and oxygen atoms in total. The van der Waals surface area contributed by atoms with E-state index in [1.807, 2.05) is 84.4 Å². The zero-order chi connectivity index (χ0) is 28.8. The number of fused-ring (bicyclic) bond motifs is 4. The Balaban J connectivity index is 1.50. The molecule has 2 aliphatic heterocycles. The van der Waals surface area contributed by atoms with Crippen molar-refractivity contribution in [1.82, 2.24) is 9.78 Å². The predicted octanol–water partition coefficient (Wildman–Crippen LogP) is 7.76. The first-order valence-corrected chi connectivity index (χ1v) is 14.3. The van der Waals surface area contributed by atoms with Gasteiger partial charge in [0.1, 0.15) is 11.5 Å². The number of amidine groups is 2.